The fourth-order valence-electron chi connectivity index (χ4n) is 6.25. The predicted octanol–water partition coefficient (Wildman–Crippen LogP) is 4.55. The van der Waals surface area contributed by atoms with Gasteiger partial charge >= 0.3 is 0 Å². The largest absolute Gasteiger partial charge is 0.371 e. The molecule has 0 spiro atoms. The summed E-state index contributed by atoms with van der Waals surface area (Å²) in [5.74, 6) is -0.665. The highest BCUT2D eigenvalue weighted by Gasteiger charge is 2.59. The zero-order valence-corrected chi connectivity index (χ0v) is 19.4. The molecule has 4 atom stereocenters. The monoisotopic (exact) mass is 455 g/mol. The van der Waals surface area contributed by atoms with Gasteiger partial charge in [0.1, 0.15) is 0 Å². The summed E-state index contributed by atoms with van der Waals surface area (Å²) in [6.45, 7) is 3.79. The molecule has 2 aliphatic carbocycles. The maximum absolute atomic E-state index is 13.5. The summed E-state index contributed by atoms with van der Waals surface area (Å²) < 4.78 is 0. The average Bonchev–Trinajstić information content (AvgIpc) is 3.54. The van der Waals surface area contributed by atoms with Gasteiger partial charge in [-0.2, -0.15) is 0 Å². The Morgan fingerprint density at radius 2 is 1.53 bits per heavy atom. The Kier molecular flexibility index (Phi) is 5.05. The number of hydrogen-bond acceptors (Lipinski definition) is 4. The van der Waals surface area contributed by atoms with Crippen LogP contribution >= 0.6 is 0 Å². The minimum atomic E-state index is -0.255. The number of anilines is 3. The van der Waals surface area contributed by atoms with Crippen molar-refractivity contribution in [3.8, 4) is 0 Å². The number of amides is 3. The second kappa shape index (κ2) is 8.12. The van der Waals surface area contributed by atoms with Crippen molar-refractivity contribution in [2.45, 2.75) is 32.6 Å². The molecule has 3 fully saturated rings. The van der Waals surface area contributed by atoms with Crippen LogP contribution in [0.25, 0.3) is 0 Å². The summed E-state index contributed by atoms with van der Waals surface area (Å²) in [5.41, 5.74) is 3.69. The van der Waals surface area contributed by atoms with E-state index in [0.717, 1.165) is 49.3 Å². The number of imide groups is 1. The molecule has 2 aliphatic heterocycles. The van der Waals surface area contributed by atoms with Gasteiger partial charge in [-0.05, 0) is 74.8 Å². The Hall–Kier alpha value is -3.41. The van der Waals surface area contributed by atoms with Crippen LogP contribution in [0.4, 0.5) is 17.1 Å². The van der Waals surface area contributed by atoms with Crippen LogP contribution < -0.4 is 15.1 Å². The summed E-state index contributed by atoms with van der Waals surface area (Å²) in [7, 11) is 0. The Balaban J connectivity index is 1.35. The van der Waals surface area contributed by atoms with Crippen molar-refractivity contribution in [3.63, 3.8) is 0 Å². The second-order valence-electron chi connectivity index (χ2n) is 10.1. The lowest BCUT2D eigenvalue weighted by atomic mass is 9.85. The third-order valence-corrected chi connectivity index (χ3v) is 7.96. The lowest BCUT2D eigenvalue weighted by Gasteiger charge is -2.31. The molecule has 2 heterocycles. The molecule has 6 heteroatoms. The molecule has 6 rings (SSSR count). The van der Waals surface area contributed by atoms with Crippen LogP contribution in [0.5, 0.6) is 0 Å². The van der Waals surface area contributed by atoms with Gasteiger partial charge in [-0.25, -0.2) is 4.90 Å². The van der Waals surface area contributed by atoms with Crippen molar-refractivity contribution >= 4 is 34.8 Å². The predicted molar refractivity (Wildman–Crippen MR) is 132 cm³/mol. The molecule has 0 unspecified atom stereocenters. The van der Waals surface area contributed by atoms with Crippen molar-refractivity contribution in [3.05, 3.63) is 65.7 Å². The number of benzene rings is 2. The molecular formula is C28H29N3O3. The average molecular weight is 456 g/mol. The third kappa shape index (κ3) is 3.35. The Morgan fingerprint density at radius 1 is 0.882 bits per heavy atom. The van der Waals surface area contributed by atoms with Crippen molar-refractivity contribution in [1.82, 2.24) is 0 Å². The molecule has 2 saturated heterocycles. The van der Waals surface area contributed by atoms with E-state index in [0.29, 0.717) is 11.3 Å². The first-order valence-electron chi connectivity index (χ1n) is 12.3. The van der Waals surface area contributed by atoms with E-state index in [1.807, 2.05) is 43.3 Å². The molecule has 174 valence electrons. The first-order chi connectivity index (χ1) is 16.5. The Morgan fingerprint density at radius 3 is 2.18 bits per heavy atom. The Labute approximate surface area is 199 Å². The van der Waals surface area contributed by atoms with Gasteiger partial charge in [0.15, 0.2) is 0 Å². The number of aryl methyl sites for hydroxylation is 1. The van der Waals surface area contributed by atoms with Gasteiger partial charge < -0.3 is 10.2 Å². The van der Waals surface area contributed by atoms with Crippen LogP contribution in [0.2, 0.25) is 0 Å². The molecule has 0 radical (unpaired) electrons. The summed E-state index contributed by atoms with van der Waals surface area (Å²) in [5, 5.41) is 3.01. The number of fused-ring (bicyclic) bond motifs is 5. The van der Waals surface area contributed by atoms with E-state index in [9.17, 15) is 14.4 Å². The molecule has 2 aromatic rings. The number of nitrogens with zero attached hydrogens (tertiary/aromatic N) is 2. The lowest BCUT2D eigenvalue weighted by molar-refractivity contribution is -0.123. The Bertz CT molecular complexity index is 1170. The molecule has 2 aromatic carbocycles. The smallest absolute Gasteiger partial charge is 0.257 e. The highest BCUT2D eigenvalue weighted by Crippen LogP contribution is 2.53. The number of carbonyl (C=O) groups excluding carboxylic acids is 3. The van der Waals surface area contributed by atoms with E-state index in [2.05, 4.69) is 22.4 Å². The zero-order chi connectivity index (χ0) is 23.4. The first-order valence-corrected chi connectivity index (χ1v) is 12.3. The summed E-state index contributed by atoms with van der Waals surface area (Å²) in [6.07, 6.45) is 8.46. The SMILES string of the molecule is Cc1ccc(NC(=O)c2cc(N3C(=O)[C@@H]4[C@@H](C3=O)[C@H]3C=C[C@@H]4C3)ccc2N2CCCCC2)cc1. The number of allylic oxidation sites excluding steroid dienone is 2. The molecule has 1 N–H and O–H groups in total. The van der Waals surface area contributed by atoms with Crippen LogP contribution in [0, 0.1) is 30.6 Å². The van der Waals surface area contributed by atoms with E-state index in [-0.39, 0.29) is 41.4 Å². The molecule has 34 heavy (non-hydrogen) atoms. The zero-order valence-electron chi connectivity index (χ0n) is 19.4. The lowest BCUT2D eigenvalue weighted by Crippen LogP contribution is -2.34. The van der Waals surface area contributed by atoms with Crippen LogP contribution in [0.3, 0.4) is 0 Å². The number of hydrogen-bond donors (Lipinski definition) is 1. The number of carbonyl (C=O) groups is 3. The molecule has 1 saturated carbocycles. The summed E-state index contributed by atoms with van der Waals surface area (Å²) in [6, 6.07) is 13.2. The van der Waals surface area contributed by atoms with E-state index >= 15 is 0 Å². The van der Waals surface area contributed by atoms with Crippen molar-refractivity contribution < 1.29 is 14.4 Å². The van der Waals surface area contributed by atoms with E-state index in [1.54, 1.807) is 6.07 Å². The van der Waals surface area contributed by atoms with Gasteiger partial charge in [-0.1, -0.05) is 29.8 Å². The molecular weight excluding hydrogens is 426 g/mol. The van der Waals surface area contributed by atoms with Crippen molar-refractivity contribution in [2.24, 2.45) is 23.7 Å². The van der Waals surface area contributed by atoms with Gasteiger partial charge in [-0.15, -0.1) is 0 Å². The number of nitrogens with one attached hydrogen (secondary N) is 1. The maximum Gasteiger partial charge on any atom is 0.257 e. The molecule has 6 nitrogen and oxygen atoms in total. The van der Waals surface area contributed by atoms with Gasteiger partial charge in [0.25, 0.3) is 5.91 Å². The molecule has 3 amide bonds. The van der Waals surface area contributed by atoms with E-state index < -0.39 is 0 Å². The number of piperidine rings is 1. The summed E-state index contributed by atoms with van der Waals surface area (Å²) >= 11 is 0. The van der Waals surface area contributed by atoms with Crippen molar-refractivity contribution in [2.75, 3.05) is 28.2 Å². The van der Waals surface area contributed by atoms with E-state index in [1.165, 1.54) is 11.3 Å². The van der Waals surface area contributed by atoms with Crippen LogP contribution in [-0.4, -0.2) is 30.8 Å². The minimum Gasteiger partial charge on any atom is -0.371 e. The van der Waals surface area contributed by atoms with Gasteiger partial charge in [0.05, 0.1) is 23.1 Å². The van der Waals surface area contributed by atoms with Crippen molar-refractivity contribution in [1.29, 1.82) is 0 Å². The summed E-state index contributed by atoms with van der Waals surface area (Å²) in [4.78, 5) is 43.7. The molecule has 0 aromatic heterocycles. The van der Waals surface area contributed by atoms with Crippen LogP contribution in [0.15, 0.2) is 54.6 Å². The normalized spacial score (nSPS) is 27.4. The highest BCUT2D eigenvalue weighted by atomic mass is 16.2. The quantitative estimate of drug-likeness (QED) is 0.543. The van der Waals surface area contributed by atoms with Gasteiger partial charge in [0.2, 0.25) is 11.8 Å². The molecule has 2 bridgehead atoms. The fraction of sp³-hybridized carbons (Fsp3) is 0.393. The first kappa shape index (κ1) is 21.1. The number of rotatable bonds is 4. The molecule has 4 aliphatic rings. The van der Waals surface area contributed by atoms with Gasteiger partial charge in [0, 0.05) is 24.5 Å². The maximum atomic E-state index is 13.5. The minimum absolute atomic E-state index is 0.123. The van der Waals surface area contributed by atoms with Gasteiger partial charge in [-0.3, -0.25) is 14.4 Å². The van der Waals surface area contributed by atoms with Crippen LogP contribution in [-0.2, 0) is 9.59 Å². The van der Waals surface area contributed by atoms with E-state index in [4.69, 9.17) is 0 Å². The van der Waals surface area contributed by atoms with Crippen LogP contribution in [0.1, 0.15) is 41.6 Å². The standard InChI is InChI=1S/C28H29N3O3/c1-17-5-9-20(10-6-17)29-26(32)22-16-21(11-12-23(22)30-13-3-2-4-14-30)31-27(33)24-18-7-8-19(15-18)25(24)28(31)34/h5-12,16,18-19,24-25H,2-4,13-15H2,1H3,(H,29,32)/t18-,19+,24-,25-/m0/s1. The fourth-order valence-corrected chi connectivity index (χ4v) is 6.25. The second-order valence-corrected chi connectivity index (χ2v) is 10.1. The third-order valence-electron chi connectivity index (χ3n) is 7.96. The highest BCUT2D eigenvalue weighted by molar-refractivity contribution is 6.23. The topological polar surface area (TPSA) is 69.7 Å².